The van der Waals surface area contributed by atoms with Crippen LogP contribution in [0.3, 0.4) is 0 Å². The third kappa shape index (κ3) is 4.62. The summed E-state index contributed by atoms with van der Waals surface area (Å²) in [5.41, 5.74) is 1.15. The van der Waals surface area contributed by atoms with Crippen molar-refractivity contribution in [3.63, 3.8) is 0 Å². The molecule has 2 rings (SSSR count). The number of piperidine rings is 1. The fourth-order valence-electron chi connectivity index (χ4n) is 2.63. The van der Waals surface area contributed by atoms with E-state index in [-0.39, 0.29) is 0 Å². The van der Waals surface area contributed by atoms with Crippen LogP contribution in [0.25, 0.3) is 0 Å². The van der Waals surface area contributed by atoms with E-state index in [1.807, 2.05) is 4.68 Å². The molecule has 0 aromatic carbocycles. The molecular formula is C15H28N4. The maximum absolute atomic E-state index is 4.55. The van der Waals surface area contributed by atoms with Gasteiger partial charge in [0.05, 0.1) is 5.69 Å². The molecule has 0 radical (unpaired) electrons. The average molecular weight is 264 g/mol. The molecule has 0 atom stereocenters. The van der Waals surface area contributed by atoms with Gasteiger partial charge in [-0.1, -0.05) is 0 Å². The summed E-state index contributed by atoms with van der Waals surface area (Å²) in [5, 5.41) is 8.07. The van der Waals surface area contributed by atoms with Gasteiger partial charge in [-0.2, -0.15) is 5.10 Å². The molecule has 0 amide bonds. The Kier molecular flexibility index (Phi) is 5.40. The smallest absolute Gasteiger partial charge is 0.0762 e. The van der Waals surface area contributed by atoms with Crippen LogP contribution in [0.4, 0.5) is 0 Å². The Morgan fingerprint density at radius 3 is 2.74 bits per heavy atom. The molecule has 1 aliphatic heterocycles. The highest BCUT2D eigenvalue weighted by atomic mass is 15.3. The first-order chi connectivity index (χ1) is 9.15. The van der Waals surface area contributed by atoms with E-state index in [4.69, 9.17) is 0 Å². The van der Waals surface area contributed by atoms with E-state index >= 15 is 0 Å². The molecule has 0 bridgehead atoms. The minimum atomic E-state index is 0.452. The minimum Gasteiger partial charge on any atom is -0.311 e. The summed E-state index contributed by atoms with van der Waals surface area (Å²) in [5.74, 6) is 0.914. The Bertz CT molecular complexity index is 364. The normalized spacial score (nSPS) is 18.3. The van der Waals surface area contributed by atoms with Crippen molar-refractivity contribution >= 4 is 0 Å². The fourth-order valence-corrected chi connectivity index (χ4v) is 2.63. The molecule has 0 aliphatic carbocycles. The Balaban J connectivity index is 1.61. The highest BCUT2D eigenvalue weighted by Crippen LogP contribution is 2.18. The van der Waals surface area contributed by atoms with Crippen LogP contribution in [0.15, 0.2) is 12.3 Å². The minimum absolute atomic E-state index is 0.452. The summed E-state index contributed by atoms with van der Waals surface area (Å²) in [7, 11) is 2.22. The van der Waals surface area contributed by atoms with Crippen molar-refractivity contribution in [2.24, 2.45) is 5.92 Å². The first kappa shape index (κ1) is 14.5. The van der Waals surface area contributed by atoms with Gasteiger partial charge in [0, 0.05) is 18.8 Å². The van der Waals surface area contributed by atoms with E-state index < -0.39 is 0 Å². The molecule has 2 heterocycles. The summed E-state index contributed by atoms with van der Waals surface area (Å²) in [4.78, 5) is 2.43. The number of likely N-dealkylation sites (tertiary alicyclic amines) is 1. The van der Waals surface area contributed by atoms with Crippen molar-refractivity contribution in [2.75, 3.05) is 26.7 Å². The van der Waals surface area contributed by atoms with Crippen LogP contribution in [-0.4, -0.2) is 41.4 Å². The van der Waals surface area contributed by atoms with Crippen molar-refractivity contribution in [3.05, 3.63) is 18.0 Å². The van der Waals surface area contributed by atoms with Crippen LogP contribution in [0.5, 0.6) is 0 Å². The van der Waals surface area contributed by atoms with Crippen LogP contribution < -0.4 is 5.32 Å². The zero-order chi connectivity index (χ0) is 13.7. The van der Waals surface area contributed by atoms with Crippen LogP contribution in [-0.2, 0) is 6.54 Å². The third-order valence-electron chi connectivity index (χ3n) is 4.07. The van der Waals surface area contributed by atoms with Crippen molar-refractivity contribution in [1.82, 2.24) is 20.0 Å². The van der Waals surface area contributed by atoms with Gasteiger partial charge in [0.1, 0.15) is 0 Å². The van der Waals surface area contributed by atoms with Gasteiger partial charge in [-0.15, -0.1) is 0 Å². The van der Waals surface area contributed by atoms with Gasteiger partial charge in [-0.25, -0.2) is 0 Å². The molecule has 19 heavy (non-hydrogen) atoms. The van der Waals surface area contributed by atoms with E-state index in [1.54, 1.807) is 0 Å². The number of nitrogens with one attached hydrogen (secondary N) is 1. The summed E-state index contributed by atoms with van der Waals surface area (Å²) >= 11 is 0. The van der Waals surface area contributed by atoms with Gasteiger partial charge in [-0.05, 0) is 71.8 Å². The van der Waals surface area contributed by atoms with Crippen molar-refractivity contribution < 1.29 is 0 Å². The monoisotopic (exact) mass is 264 g/mol. The molecule has 1 aromatic heterocycles. The molecule has 1 aromatic rings. The first-order valence-electron chi connectivity index (χ1n) is 7.58. The molecule has 1 saturated heterocycles. The molecule has 1 N–H and O–H groups in total. The van der Waals surface area contributed by atoms with Crippen LogP contribution in [0, 0.1) is 5.92 Å². The lowest BCUT2D eigenvalue weighted by Gasteiger charge is -2.28. The zero-order valence-corrected chi connectivity index (χ0v) is 12.6. The summed E-state index contributed by atoms with van der Waals surface area (Å²) in [6.45, 7) is 8.86. The van der Waals surface area contributed by atoms with E-state index in [0.717, 1.165) is 24.7 Å². The SMILES string of the molecule is CC(C)n1ccc(CNCCC2CCN(C)CC2)n1. The summed E-state index contributed by atoms with van der Waals surface area (Å²) in [6.07, 6.45) is 6.09. The van der Waals surface area contributed by atoms with Gasteiger partial charge in [0.15, 0.2) is 0 Å². The quantitative estimate of drug-likeness (QED) is 0.800. The Morgan fingerprint density at radius 2 is 2.11 bits per heavy atom. The largest absolute Gasteiger partial charge is 0.311 e. The molecule has 4 heteroatoms. The van der Waals surface area contributed by atoms with Gasteiger partial charge in [-0.3, -0.25) is 4.68 Å². The zero-order valence-electron chi connectivity index (χ0n) is 12.6. The van der Waals surface area contributed by atoms with E-state index in [1.165, 1.54) is 32.4 Å². The van der Waals surface area contributed by atoms with Crippen molar-refractivity contribution in [3.8, 4) is 0 Å². The Morgan fingerprint density at radius 1 is 1.37 bits per heavy atom. The summed E-state index contributed by atoms with van der Waals surface area (Å²) < 4.78 is 2.02. The average Bonchev–Trinajstić information content (AvgIpc) is 2.86. The number of hydrogen-bond donors (Lipinski definition) is 1. The molecule has 1 aliphatic rings. The molecule has 4 nitrogen and oxygen atoms in total. The van der Waals surface area contributed by atoms with Crippen LogP contribution in [0.1, 0.15) is 44.8 Å². The highest BCUT2D eigenvalue weighted by Gasteiger charge is 2.15. The van der Waals surface area contributed by atoms with E-state index in [2.05, 4.69) is 48.5 Å². The molecule has 108 valence electrons. The molecular weight excluding hydrogens is 236 g/mol. The Hall–Kier alpha value is -0.870. The lowest BCUT2D eigenvalue weighted by Crippen LogP contribution is -2.31. The van der Waals surface area contributed by atoms with Gasteiger partial charge < -0.3 is 10.2 Å². The Labute approximate surface area is 117 Å². The van der Waals surface area contributed by atoms with Gasteiger partial charge in [0.2, 0.25) is 0 Å². The molecule has 0 saturated carbocycles. The fraction of sp³-hybridized carbons (Fsp3) is 0.800. The molecule has 0 spiro atoms. The lowest BCUT2D eigenvalue weighted by atomic mass is 9.94. The second-order valence-electron chi connectivity index (χ2n) is 6.09. The van der Waals surface area contributed by atoms with Gasteiger partial charge >= 0.3 is 0 Å². The number of hydrogen-bond acceptors (Lipinski definition) is 3. The first-order valence-corrected chi connectivity index (χ1v) is 7.58. The third-order valence-corrected chi connectivity index (χ3v) is 4.07. The van der Waals surface area contributed by atoms with Crippen LogP contribution in [0.2, 0.25) is 0 Å². The van der Waals surface area contributed by atoms with Gasteiger partial charge in [0.25, 0.3) is 0 Å². The van der Waals surface area contributed by atoms with Crippen LogP contribution >= 0.6 is 0 Å². The maximum atomic E-state index is 4.55. The number of nitrogens with zero attached hydrogens (tertiary/aromatic N) is 3. The molecule has 0 unspecified atom stereocenters. The highest BCUT2D eigenvalue weighted by molar-refractivity contribution is 4.98. The second-order valence-corrected chi connectivity index (χ2v) is 6.09. The predicted molar refractivity (Wildman–Crippen MR) is 79.2 cm³/mol. The number of aromatic nitrogens is 2. The summed E-state index contributed by atoms with van der Waals surface area (Å²) in [6, 6.07) is 2.57. The van der Waals surface area contributed by atoms with E-state index in [0.29, 0.717) is 6.04 Å². The topological polar surface area (TPSA) is 33.1 Å². The predicted octanol–water partition coefficient (Wildman–Crippen LogP) is 2.29. The lowest BCUT2D eigenvalue weighted by molar-refractivity contribution is 0.211. The standard InChI is InChI=1S/C15H28N4/c1-13(2)19-11-7-15(17-19)12-16-8-4-14-5-9-18(3)10-6-14/h7,11,13-14,16H,4-6,8-10,12H2,1-3H3. The maximum Gasteiger partial charge on any atom is 0.0762 e. The van der Waals surface area contributed by atoms with Crippen molar-refractivity contribution in [1.29, 1.82) is 0 Å². The molecule has 1 fully saturated rings. The van der Waals surface area contributed by atoms with E-state index in [9.17, 15) is 0 Å². The number of rotatable bonds is 6. The van der Waals surface area contributed by atoms with Crippen molar-refractivity contribution in [2.45, 2.75) is 45.7 Å². The second kappa shape index (κ2) is 7.06.